The zero-order valence-electron chi connectivity index (χ0n) is 12.6. The van der Waals surface area contributed by atoms with Crippen molar-refractivity contribution in [3.05, 3.63) is 0 Å². The zero-order chi connectivity index (χ0) is 13.3. The van der Waals surface area contributed by atoms with E-state index in [9.17, 15) is 0 Å². The molecule has 102 valence electrons. The Kier molecular flexibility index (Phi) is 4.61. The van der Waals surface area contributed by atoms with Crippen LogP contribution in [-0.2, 0) is 4.74 Å². The summed E-state index contributed by atoms with van der Waals surface area (Å²) in [7, 11) is 4.27. The van der Waals surface area contributed by atoms with E-state index in [1.807, 2.05) is 0 Å². The lowest BCUT2D eigenvalue weighted by atomic mass is 9.82. The minimum atomic E-state index is -0.0840. The van der Waals surface area contributed by atoms with Gasteiger partial charge in [0.2, 0.25) is 0 Å². The van der Waals surface area contributed by atoms with Crippen LogP contribution in [0.2, 0.25) is 0 Å². The van der Waals surface area contributed by atoms with Crippen LogP contribution in [0, 0.1) is 5.92 Å². The van der Waals surface area contributed by atoms with Gasteiger partial charge in [0.1, 0.15) is 0 Å². The molecule has 2 unspecified atom stereocenters. The maximum Gasteiger partial charge on any atom is 0.0790 e. The Labute approximate surface area is 107 Å². The van der Waals surface area contributed by atoms with Gasteiger partial charge in [0.15, 0.2) is 0 Å². The fourth-order valence-electron chi connectivity index (χ4n) is 3.11. The molecule has 1 fully saturated rings. The van der Waals surface area contributed by atoms with Gasteiger partial charge in [0.05, 0.1) is 11.2 Å². The maximum absolute atomic E-state index is 6.27. The molecule has 0 spiro atoms. The second-order valence-electron chi connectivity index (χ2n) is 6.61. The van der Waals surface area contributed by atoms with E-state index in [0.29, 0.717) is 12.0 Å². The molecule has 1 aliphatic rings. The van der Waals surface area contributed by atoms with Crippen molar-refractivity contribution in [3.63, 3.8) is 0 Å². The summed E-state index contributed by atoms with van der Waals surface area (Å²) in [5.74, 6) is 0.527. The van der Waals surface area contributed by atoms with Crippen molar-refractivity contribution in [2.45, 2.75) is 58.3 Å². The van der Waals surface area contributed by atoms with Crippen molar-refractivity contribution in [3.8, 4) is 0 Å². The van der Waals surface area contributed by atoms with E-state index in [4.69, 9.17) is 4.74 Å². The Hall–Kier alpha value is -0.120. The molecule has 1 heterocycles. The summed E-state index contributed by atoms with van der Waals surface area (Å²) < 4.78 is 6.27. The van der Waals surface area contributed by atoms with Crippen molar-refractivity contribution in [2.24, 2.45) is 5.92 Å². The van der Waals surface area contributed by atoms with Crippen LogP contribution >= 0.6 is 0 Å². The van der Waals surface area contributed by atoms with Gasteiger partial charge in [-0.3, -0.25) is 0 Å². The number of hydrogen-bond acceptors (Lipinski definition) is 3. The SMILES string of the molecule is CCCNC1C(CN(C)C)C(C)(C)OC1(C)C. The minimum Gasteiger partial charge on any atom is -0.368 e. The second-order valence-corrected chi connectivity index (χ2v) is 6.61. The Morgan fingerprint density at radius 3 is 2.18 bits per heavy atom. The summed E-state index contributed by atoms with van der Waals surface area (Å²) in [6.45, 7) is 13.2. The van der Waals surface area contributed by atoms with E-state index in [1.54, 1.807) is 0 Å². The van der Waals surface area contributed by atoms with Gasteiger partial charge in [0, 0.05) is 18.5 Å². The van der Waals surface area contributed by atoms with Gasteiger partial charge in [-0.1, -0.05) is 6.92 Å². The lowest BCUT2D eigenvalue weighted by Crippen LogP contribution is -2.50. The first kappa shape index (κ1) is 14.9. The molecule has 0 aromatic rings. The van der Waals surface area contributed by atoms with Crippen LogP contribution in [0.4, 0.5) is 0 Å². The van der Waals surface area contributed by atoms with E-state index >= 15 is 0 Å². The molecule has 1 N–H and O–H groups in total. The molecular weight excluding hydrogens is 212 g/mol. The first-order chi connectivity index (χ1) is 7.70. The molecule has 17 heavy (non-hydrogen) atoms. The van der Waals surface area contributed by atoms with Crippen molar-refractivity contribution in [2.75, 3.05) is 27.2 Å². The third kappa shape index (κ3) is 3.43. The van der Waals surface area contributed by atoms with E-state index in [2.05, 4.69) is 58.9 Å². The Bertz CT molecular complexity index is 249. The number of hydrogen-bond donors (Lipinski definition) is 1. The van der Waals surface area contributed by atoms with Gasteiger partial charge in [-0.05, 0) is 54.8 Å². The average Bonchev–Trinajstić information content (AvgIpc) is 2.29. The average molecular weight is 242 g/mol. The normalized spacial score (nSPS) is 31.1. The molecule has 1 saturated heterocycles. The lowest BCUT2D eigenvalue weighted by molar-refractivity contribution is -0.0789. The summed E-state index contributed by atoms with van der Waals surface area (Å²) >= 11 is 0. The van der Waals surface area contributed by atoms with Crippen molar-refractivity contribution in [1.29, 1.82) is 0 Å². The highest BCUT2D eigenvalue weighted by atomic mass is 16.5. The van der Waals surface area contributed by atoms with Gasteiger partial charge >= 0.3 is 0 Å². The van der Waals surface area contributed by atoms with E-state index in [-0.39, 0.29) is 11.2 Å². The molecular formula is C14H30N2O. The number of ether oxygens (including phenoxy) is 1. The van der Waals surface area contributed by atoms with Crippen LogP contribution < -0.4 is 5.32 Å². The molecule has 0 saturated carbocycles. The quantitative estimate of drug-likeness (QED) is 0.799. The predicted molar refractivity (Wildman–Crippen MR) is 73.4 cm³/mol. The van der Waals surface area contributed by atoms with Gasteiger partial charge in [-0.15, -0.1) is 0 Å². The molecule has 0 bridgehead atoms. The summed E-state index contributed by atoms with van der Waals surface area (Å²) in [5, 5.41) is 3.68. The highest BCUT2D eigenvalue weighted by Crippen LogP contribution is 2.42. The molecule has 0 aromatic carbocycles. The molecule has 1 rings (SSSR count). The monoisotopic (exact) mass is 242 g/mol. The van der Waals surface area contributed by atoms with Crippen LogP contribution in [-0.4, -0.2) is 49.3 Å². The van der Waals surface area contributed by atoms with E-state index < -0.39 is 0 Å². The van der Waals surface area contributed by atoms with E-state index in [1.165, 1.54) is 6.42 Å². The summed E-state index contributed by atoms with van der Waals surface area (Å²) in [5.41, 5.74) is -0.140. The fourth-order valence-corrected chi connectivity index (χ4v) is 3.11. The molecule has 3 nitrogen and oxygen atoms in total. The number of nitrogens with one attached hydrogen (secondary N) is 1. The molecule has 0 amide bonds. The predicted octanol–water partition coefficient (Wildman–Crippen LogP) is 2.12. The van der Waals surface area contributed by atoms with Crippen LogP contribution in [0.5, 0.6) is 0 Å². The fraction of sp³-hybridized carbons (Fsp3) is 1.00. The van der Waals surface area contributed by atoms with Crippen LogP contribution in [0.1, 0.15) is 41.0 Å². The molecule has 3 heteroatoms. The lowest BCUT2D eigenvalue weighted by Gasteiger charge is -2.32. The van der Waals surface area contributed by atoms with Crippen LogP contribution in [0.3, 0.4) is 0 Å². The Morgan fingerprint density at radius 1 is 1.12 bits per heavy atom. The molecule has 0 radical (unpaired) electrons. The van der Waals surface area contributed by atoms with Crippen molar-refractivity contribution < 1.29 is 4.74 Å². The van der Waals surface area contributed by atoms with Crippen LogP contribution in [0.25, 0.3) is 0 Å². The minimum absolute atomic E-state index is 0.0564. The van der Waals surface area contributed by atoms with Gasteiger partial charge in [0.25, 0.3) is 0 Å². The summed E-state index contributed by atoms with van der Waals surface area (Å²) in [6, 6.07) is 0.430. The smallest absolute Gasteiger partial charge is 0.0790 e. The van der Waals surface area contributed by atoms with Gasteiger partial charge in [-0.2, -0.15) is 0 Å². The first-order valence-corrected chi connectivity index (χ1v) is 6.79. The summed E-state index contributed by atoms with van der Waals surface area (Å²) in [4.78, 5) is 2.26. The third-order valence-corrected chi connectivity index (χ3v) is 3.75. The molecule has 0 aromatic heterocycles. The first-order valence-electron chi connectivity index (χ1n) is 6.79. The molecule has 1 aliphatic heterocycles. The highest BCUT2D eigenvalue weighted by molar-refractivity contribution is 5.05. The third-order valence-electron chi connectivity index (χ3n) is 3.75. The highest BCUT2D eigenvalue weighted by Gasteiger charge is 2.53. The standard InChI is InChI=1S/C14H30N2O/c1-8-9-15-12-11(10-16(6)7)13(2,3)17-14(12,4)5/h11-12,15H,8-10H2,1-7H3. The Balaban J connectivity index is 2.85. The zero-order valence-corrected chi connectivity index (χ0v) is 12.6. The Morgan fingerprint density at radius 2 is 1.71 bits per heavy atom. The van der Waals surface area contributed by atoms with Crippen molar-refractivity contribution in [1.82, 2.24) is 10.2 Å². The molecule has 0 aliphatic carbocycles. The van der Waals surface area contributed by atoms with Crippen molar-refractivity contribution >= 4 is 0 Å². The van der Waals surface area contributed by atoms with Crippen LogP contribution in [0.15, 0.2) is 0 Å². The second kappa shape index (κ2) is 5.25. The number of nitrogens with zero attached hydrogens (tertiary/aromatic N) is 1. The summed E-state index contributed by atoms with van der Waals surface area (Å²) in [6.07, 6.45) is 1.17. The topological polar surface area (TPSA) is 24.5 Å². The molecule has 2 atom stereocenters. The maximum atomic E-state index is 6.27. The number of rotatable bonds is 5. The van der Waals surface area contributed by atoms with Gasteiger partial charge < -0.3 is 15.0 Å². The van der Waals surface area contributed by atoms with Gasteiger partial charge in [-0.25, -0.2) is 0 Å². The van der Waals surface area contributed by atoms with E-state index in [0.717, 1.165) is 13.1 Å². The largest absolute Gasteiger partial charge is 0.368 e.